The molecule has 0 radical (unpaired) electrons. The predicted octanol–water partition coefficient (Wildman–Crippen LogP) is 3.16. The molecule has 2 aromatic carbocycles. The molecule has 6 atom stereocenters. The van der Waals surface area contributed by atoms with Crippen molar-refractivity contribution in [2.75, 3.05) is 0 Å². The Hall–Kier alpha value is -1.72. The summed E-state index contributed by atoms with van der Waals surface area (Å²) >= 11 is 0. The van der Waals surface area contributed by atoms with E-state index in [1.807, 2.05) is 74.5 Å². The first kappa shape index (κ1) is 19.1. The third-order valence-corrected chi connectivity index (χ3v) is 5.36. The summed E-state index contributed by atoms with van der Waals surface area (Å²) in [7, 11) is 0. The molecule has 0 amide bonds. The molecule has 140 valence electrons. The van der Waals surface area contributed by atoms with Crippen LogP contribution in [0, 0.1) is 11.8 Å². The first-order valence-electron chi connectivity index (χ1n) is 9.25. The Labute approximate surface area is 155 Å². The minimum atomic E-state index is -0.817. The van der Waals surface area contributed by atoms with E-state index in [0.717, 1.165) is 11.1 Å². The molecule has 0 aromatic heterocycles. The van der Waals surface area contributed by atoms with Gasteiger partial charge < -0.3 is 19.7 Å². The van der Waals surface area contributed by atoms with Crippen LogP contribution < -0.4 is 0 Å². The van der Waals surface area contributed by atoms with Crippen molar-refractivity contribution < 1.29 is 19.7 Å². The molecule has 2 aromatic rings. The zero-order valence-electron chi connectivity index (χ0n) is 15.4. The van der Waals surface area contributed by atoms with E-state index in [4.69, 9.17) is 9.47 Å². The van der Waals surface area contributed by atoms with E-state index in [0.29, 0.717) is 13.2 Å². The molecular weight excluding hydrogens is 328 g/mol. The molecule has 1 saturated carbocycles. The Morgan fingerprint density at radius 2 is 1.00 bits per heavy atom. The van der Waals surface area contributed by atoms with Gasteiger partial charge in [-0.3, -0.25) is 0 Å². The van der Waals surface area contributed by atoms with E-state index < -0.39 is 12.2 Å². The van der Waals surface area contributed by atoms with Gasteiger partial charge in [0, 0.05) is 11.8 Å². The van der Waals surface area contributed by atoms with Gasteiger partial charge in [-0.2, -0.15) is 0 Å². The van der Waals surface area contributed by atoms with E-state index in [1.165, 1.54) is 0 Å². The topological polar surface area (TPSA) is 58.9 Å². The van der Waals surface area contributed by atoms with Gasteiger partial charge in [0.05, 0.1) is 37.6 Å². The van der Waals surface area contributed by atoms with Crippen LogP contribution in [0.1, 0.15) is 25.0 Å². The van der Waals surface area contributed by atoms with Crippen LogP contribution in [-0.2, 0) is 22.7 Å². The fraction of sp³-hybridized carbons (Fsp3) is 0.455. The van der Waals surface area contributed by atoms with Crippen LogP contribution in [0.25, 0.3) is 0 Å². The van der Waals surface area contributed by atoms with Gasteiger partial charge >= 0.3 is 0 Å². The monoisotopic (exact) mass is 356 g/mol. The highest BCUT2D eigenvalue weighted by Gasteiger charge is 2.47. The maximum Gasteiger partial charge on any atom is 0.0896 e. The Kier molecular flexibility index (Phi) is 6.43. The molecule has 1 aliphatic rings. The summed E-state index contributed by atoms with van der Waals surface area (Å²) < 4.78 is 12.4. The van der Waals surface area contributed by atoms with Gasteiger partial charge in [0.2, 0.25) is 0 Å². The molecule has 4 heteroatoms. The second kappa shape index (κ2) is 8.78. The first-order valence-corrected chi connectivity index (χ1v) is 9.25. The number of ether oxygens (including phenoxy) is 2. The molecule has 0 aliphatic heterocycles. The smallest absolute Gasteiger partial charge is 0.0896 e. The Bertz CT molecular complexity index is 601. The summed E-state index contributed by atoms with van der Waals surface area (Å²) in [5, 5.41) is 20.8. The summed E-state index contributed by atoms with van der Waals surface area (Å²) in [5.41, 5.74) is 2.16. The largest absolute Gasteiger partial charge is 0.390 e. The van der Waals surface area contributed by atoms with E-state index in [1.54, 1.807) is 0 Å². The van der Waals surface area contributed by atoms with Gasteiger partial charge in [0.1, 0.15) is 0 Å². The van der Waals surface area contributed by atoms with Gasteiger partial charge in [-0.15, -0.1) is 0 Å². The van der Waals surface area contributed by atoms with Crippen LogP contribution >= 0.6 is 0 Å². The SMILES string of the molecule is CC1C(O)C(O)C(C)C(OCc2ccccc2)C1OCc1ccccc1. The molecule has 3 rings (SSSR count). The van der Waals surface area contributed by atoms with Crippen LogP contribution in [0.2, 0.25) is 0 Å². The lowest BCUT2D eigenvalue weighted by Gasteiger charge is -2.45. The van der Waals surface area contributed by atoms with E-state index in [2.05, 4.69) is 0 Å². The van der Waals surface area contributed by atoms with Gasteiger partial charge in [-0.05, 0) is 11.1 Å². The van der Waals surface area contributed by atoms with Crippen molar-refractivity contribution in [3.8, 4) is 0 Å². The van der Waals surface area contributed by atoms with Crippen LogP contribution in [0.4, 0.5) is 0 Å². The molecule has 0 bridgehead atoms. The first-order chi connectivity index (χ1) is 12.6. The summed E-state index contributed by atoms with van der Waals surface area (Å²) in [6.45, 7) is 4.73. The number of benzene rings is 2. The number of rotatable bonds is 6. The van der Waals surface area contributed by atoms with E-state index in [9.17, 15) is 10.2 Å². The fourth-order valence-electron chi connectivity index (χ4n) is 3.64. The van der Waals surface area contributed by atoms with E-state index >= 15 is 0 Å². The van der Waals surface area contributed by atoms with Crippen molar-refractivity contribution in [2.45, 2.75) is 51.5 Å². The molecule has 0 saturated heterocycles. The highest BCUT2D eigenvalue weighted by atomic mass is 16.5. The van der Waals surface area contributed by atoms with Crippen molar-refractivity contribution in [1.29, 1.82) is 0 Å². The van der Waals surface area contributed by atoms with E-state index in [-0.39, 0.29) is 24.0 Å². The average molecular weight is 356 g/mol. The lowest BCUT2D eigenvalue weighted by molar-refractivity contribution is -0.209. The highest BCUT2D eigenvalue weighted by Crippen LogP contribution is 2.35. The second-order valence-electron chi connectivity index (χ2n) is 7.22. The maximum absolute atomic E-state index is 10.4. The van der Waals surface area contributed by atoms with Crippen LogP contribution in [0.3, 0.4) is 0 Å². The molecule has 1 fully saturated rings. The maximum atomic E-state index is 10.4. The van der Waals surface area contributed by atoms with Crippen LogP contribution in [-0.4, -0.2) is 34.6 Å². The normalized spacial score (nSPS) is 31.7. The molecule has 0 spiro atoms. The lowest BCUT2D eigenvalue weighted by atomic mass is 9.75. The lowest BCUT2D eigenvalue weighted by Crippen LogP contribution is -2.58. The minimum absolute atomic E-state index is 0.217. The Morgan fingerprint density at radius 1 is 0.654 bits per heavy atom. The highest BCUT2D eigenvalue weighted by molar-refractivity contribution is 5.14. The quantitative estimate of drug-likeness (QED) is 0.835. The fourth-order valence-corrected chi connectivity index (χ4v) is 3.64. The van der Waals surface area contributed by atoms with Gasteiger partial charge in [-0.1, -0.05) is 74.5 Å². The van der Waals surface area contributed by atoms with Crippen molar-refractivity contribution in [2.24, 2.45) is 11.8 Å². The van der Waals surface area contributed by atoms with Gasteiger partial charge in [-0.25, -0.2) is 0 Å². The third kappa shape index (κ3) is 4.33. The Morgan fingerprint density at radius 3 is 1.35 bits per heavy atom. The standard InChI is InChI=1S/C22H28O4/c1-15-19(23)20(24)16(2)22(26-14-18-11-7-4-8-12-18)21(15)25-13-17-9-5-3-6-10-17/h3-12,15-16,19-24H,13-14H2,1-2H3. The number of aliphatic hydroxyl groups is 2. The van der Waals surface area contributed by atoms with Crippen LogP contribution in [0.15, 0.2) is 60.7 Å². The summed E-state index contributed by atoms with van der Waals surface area (Å²) in [6, 6.07) is 19.9. The molecule has 1 aliphatic carbocycles. The zero-order valence-corrected chi connectivity index (χ0v) is 15.4. The van der Waals surface area contributed by atoms with Gasteiger partial charge in [0.25, 0.3) is 0 Å². The molecular formula is C22H28O4. The van der Waals surface area contributed by atoms with Gasteiger partial charge in [0.15, 0.2) is 0 Å². The second-order valence-corrected chi connectivity index (χ2v) is 7.22. The number of hydrogen-bond donors (Lipinski definition) is 2. The number of hydrogen-bond acceptors (Lipinski definition) is 4. The molecule has 2 N–H and O–H groups in total. The molecule has 4 nitrogen and oxygen atoms in total. The Balaban J connectivity index is 1.72. The molecule has 6 unspecified atom stereocenters. The van der Waals surface area contributed by atoms with Crippen molar-refractivity contribution in [1.82, 2.24) is 0 Å². The van der Waals surface area contributed by atoms with Crippen LogP contribution in [0.5, 0.6) is 0 Å². The number of aliphatic hydroxyl groups excluding tert-OH is 2. The summed E-state index contributed by atoms with van der Waals surface area (Å²) in [6.07, 6.45) is -2.20. The van der Waals surface area contributed by atoms with Crippen molar-refractivity contribution in [3.63, 3.8) is 0 Å². The zero-order chi connectivity index (χ0) is 18.5. The summed E-state index contributed by atoms with van der Waals surface area (Å²) in [4.78, 5) is 0. The molecule has 26 heavy (non-hydrogen) atoms. The van der Waals surface area contributed by atoms with Crippen molar-refractivity contribution in [3.05, 3.63) is 71.8 Å². The minimum Gasteiger partial charge on any atom is -0.390 e. The average Bonchev–Trinajstić information content (AvgIpc) is 2.69. The molecule has 0 heterocycles. The third-order valence-electron chi connectivity index (χ3n) is 5.36. The predicted molar refractivity (Wildman–Crippen MR) is 100 cm³/mol. The summed E-state index contributed by atoms with van der Waals surface area (Å²) in [5.74, 6) is -0.434. The van der Waals surface area contributed by atoms with Crippen molar-refractivity contribution >= 4 is 0 Å².